The normalized spacial score (nSPS) is 9.94. The molecule has 0 unspecified atom stereocenters. The van der Waals surface area contributed by atoms with E-state index < -0.39 is 5.69 Å². The maximum Gasteiger partial charge on any atom is 0.348 e. The summed E-state index contributed by atoms with van der Waals surface area (Å²) in [5.74, 6) is 1.42. The number of nitrogens with one attached hydrogen (secondary N) is 2. The number of benzene rings is 1. The van der Waals surface area contributed by atoms with Crippen molar-refractivity contribution in [3.8, 4) is 5.75 Å². The molecule has 4 N–H and O–H groups in total. The number of hydrogen-bond donors (Lipinski definition) is 3. The third-order valence-electron chi connectivity index (χ3n) is 2.13. The molecule has 88 valence electrons. The van der Waals surface area contributed by atoms with E-state index in [4.69, 9.17) is 10.5 Å². The van der Waals surface area contributed by atoms with E-state index in [1.165, 1.54) is 0 Å². The molecule has 0 aliphatic heterocycles. The largest absolute Gasteiger partial charge is 0.497 e. The molecule has 1 heterocycles. The smallest absolute Gasteiger partial charge is 0.348 e. The van der Waals surface area contributed by atoms with Gasteiger partial charge in [0.25, 0.3) is 0 Å². The number of ether oxygens (including phenoxy) is 1. The molecule has 1 aromatic carbocycles. The lowest BCUT2D eigenvalue weighted by Gasteiger charge is -2.06. The number of anilines is 3. The second-order valence-electron chi connectivity index (χ2n) is 3.38. The van der Waals surface area contributed by atoms with Crippen LogP contribution >= 0.6 is 0 Å². The van der Waals surface area contributed by atoms with Crippen molar-refractivity contribution >= 4 is 17.3 Å². The van der Waals surface area contributed by atoms with Crippen LogP contribution in [0.4, 0.5) is 17.3 Å². The summed E-state index contributed by atoms with van der Waals surface area (Å²) in [7, 11) is 1.60. The number of aromatic nitrogens is 2. The molecule has 6 nitrogen and oxygen atoms in total. The zero-order chi connectivity index (χ0) is 12.3. The number of aromatic amines is 1. The minimum absolute atomic E-state index is 0.265. The molecule has 0 saturated carbocycles. The van der Waals surface area contributed by atoms with Crippen molar-refractivity contribution in [3.63, 3.8) is 0 Å². The van der Waals surface area contributed by atoms with Gasteiger partial charge in [-0.3, -0.25) is 4.98 Å². The van der Waals surface area contributed by atoms with Crippen LogP contribution in [0.15, 0.2) is 35.1 Å². The van der Waals surface area contributed by atoms with E-state index in [-0.39, 0.29) is 5.82 Å². The van der Waals surface area contributed by atoms with E-state index in [1.54, 1.807) is 25.3 Å². The molecule has 0 amide bonds. The first-order valence-electron chi connectivity index (χ1n) is 4.95. The van der Waals surface area contributed by atoms with Crippen LogP contribution in [-0.4, -0.2) is 17.1 Å². The van der Waals surface area contributed by atoms with E-state index in [2.05, 4.69) is 15.3 Å². The summed E-state index contributed by atoms with van der Waals surface area (Å²) in [4.78, 5) is 17.2. The van der Waals surface area contributed by atoms with Gasteiger partial charge >= 0.3 is 5.69 Å². The van der Waals surface area contributed by atoms with Crippen molar-refractivity contribution < 1.29 is 4.74 Å². The van der Waals surface area contributed by atoms with E-state index in [9.17, 15) is 4.79 Å². The van der Waals surface area contributed by atoms with Gasteiger partial charge in [-0.2, -0.15) is 4.98 Å². The highest BCUT2D eigenvalue weighted by Crippen LogP contribution is 2.18. The Bertz CT molecular complexity index is 562. The number of nitrogens with two attached hydrogens (primary N) is 1. The molecule has 0 spiro atoms. The lowest BCUT2D eigenvalue weighted by Crippen LogP contribution is -2.14. The SMILES string of the molecule is COc1ccc(Nc2cc(N)[nH]c(=O)n2)cc1. The Labute approximate surface area is 97.5 Å². The maximum absolute atomic E-state index is 11.1. The molecule has 0 aliphatic rings. The molecule has 0 aliphatic carbocycles. The predicted octanol–water partition coefficient (Wildman–Crippen LogP) is 1.10. The predicted molar refractivity (Wildman–Crippen MR) is 65.5 cm³/mol. The monoisotopic (exact) mass is 232 g/mol. The molecule has 1 aromatic heterocycles. The highest BCUT2D eigenvalue weighted by Gasteiger charge is 1.99. The Kier molecular flexibility index (Phi) is 2.95. The second-order valence-corrected chi connectivity index (χ2v) is 3.38. The van der Waals surface area contributed by atoms with Crippen molar-refractivity contribution in [2.45, 2.75) is 0 Å². The fourth-order valence-corrected chi connectivity index (χ4v) is 1.36. The van der Waals surface area contributed by atoms with Crippen molar-refractivity contribution in [2.24, 2.45) is 0 Å². The first kappa shape index (κ1) is 11.0. The van der Waals surface area contributed by atoms with Crippen LogP contribution in [0.5, 0.6) is 5.75 Å². The number of nitrogens with zero attached hydrogens (tertiary/aromatic N) is 1. The Balaban J connectivity index is 2.22. The molecule has 2 rings (SSSR count). The Hall–Kier alpha value is -2.50. The molecular formula is C11H12N4O2. The molecule has 0 fully saturated rings. The Morgan fingerprint density at radius 2 is 2.06 bits per heavy atom. The van der Waals surface area contributed by atoms with Gasteiger partial charge in [-0.25, -0.2) is 4.79 Å². The third-order valence-corrected chi connectivity index (χ3v) is 2.13. The van der Waals surface area contributed by atoms with Gasteiger partial charge in [0.15, 0.2) is 0 Å². The summed E-state index contributed by atoms with van der Waals surface area (Å²) in [6, 6.07) is 8.79. The average Bonchev–Trinajstić information content (AvgIpc) is 2.28. The summed E-state index contributed by atoms with van der Waals surface area (Å²) in [6.45, 7) is 0. The second kappa shape index (κ2) is 4.56. The fraction of sp³-hybridized carbons (Fsp3) is 0.0909. The van der Waals surface area contributed by atoms with E-state index >= 15 is 0 Å². The number of rotatable bonds is 3. The number of nitrogen functional groups attached to an aromatic ring is 1. The first-order chi connectivity index (χ1) is 8.17. The molecule has 6 heteroatoms. The van der Waals surface area contributed by atoms with Crippen LogP contribution in [0.2, 0.25) is 0 Å². The molecule has 0 atom stereocenters. The zero-order valence-corrected chi connectivity index (χ0v) is 9.23. The van der Waals surface area contributed by atoms with Crippen molar-refractivity contribution in [3.05, 3.63) is 40.8 Å². The summed E-state index contributed by atoms with van der Waals surface area (Å²) in [5.41, 5.74) is 5.81. The molecular weight excluding hydrogens is 220 g/mol. The van der Waals surface area contributed by atoms with Crippen LogP contribution in [0.1, 0.15) is 0 Å². The molecule has 17 heavy (non-hydrogen) atoms. The van der Waals surface area contributed by atoms with Gasteiger partial charge in [0.05, 0.1) is 7.11 Å². The van der Waals surface area contributed by atoms with Crippen LogP contribution in [0.25, 0.3) is 0 Å². The lowest BCUT2D eigenvalue weighted by atomic mass is 10.3. The molecule has 2 aromatic rings. The summed E-state index contributed by atoms with van der Waals surface area (Å²) in [5, 5.41) is 2.97. The van der Waals surface area contributed by atoms with E-state index in [0.717, 1.165) is 11.4 Å². The Morgan fingerprint density at radius 1 is 1.35 bits per heavy atom. The van der Waals surface area contributed by atoms with E-state index in [0.29, 0.717) is 5.82 Å². The van der Waals surface area contributed by atoms with Gasteiger partial charge in [-0.15, -0.1) is 0 Å². The van der Waals surface area contributed by atoms with Gasteiger partial charge in [-0.05, 0) is 24.3 Å². The summed E-state index contributed by atoms with van der Waals surface area (Å²) in [6.07, 6.45) is 0. The lowest BCUT2D eigenvalue weighted by molar-refractivity contribution is 0.415. The van der Waals surface area contributed by atoms with Gasteiger partial charge in [0.2, 0.25) is 0 Å². The van der Waals surface area contributed by atoms with Gasteiger partial charge in [0, 0.05) is 11.8 Å². The summed E-state index contributed by atoms with van der Waals surface area (Å²) < 4.78 is 5.04. The fourth-order valence-electron chi connectivity index (χ4n) is 1.36. The van der Waals surface area contributed by atoms with Crippen molar-refractivity contribution in [1.82, 2.24) is 9.97 Å². The van der Waals surface area contributed by atoms with Crippen molar-refractivity contribution in [1.29, 1.82) is 0 Å². The minimum atomic E-state index is -0.485. The molecule has 0 saturated heterocycles. The third kappa shape index (κ3) is 2.75. The maximum atomic E-state index is 11.1. The minimum Gasteiger partial charge on any atom is -0.497 e. The standard InChI is InChI=1S/C11H12N4O2/c1-17-8-4-2-7(3-5-8)13-10-6-9(12)14-11(16)15-10/h2-6H,1H3,(H4,12,13,14,15,16). The van der Waals surface area contributed by atoms with Crippen LogP contribution in [0.3, 0.4) is 0 Å². The van der Waals surface area contributed by atoms with Crippen LogP contribution < -0.4 is 21.5 Å². The van der Waals surface area contributed by atoms with E-state index in [1.807, 2.05) is 12.1 Å². The first-order valence-corrected chi connectivity index (χ1v) is 4.95. The van der Waals surface area contributed by atoms with Gasteiger partial charge in [0.1, 0.15) is 17.4 Å². The van der Waals surface area contributed by atoms with Crippen LogP contribution in [-0.2, 0) is 0 Å². The number of H-pyrrole nitrogens is 1. The Morgan fingerprint density at radius 3 is 2.65 bits per heavy atom. The van der Waals surface area contributed by atoms with Gasteiger partial charge in [-0.1, -0.05) is 0 Å². The summed E-state index contributed by atoms with van der Waals surface area (Å²) >= 11 is 0. The highest BCUT2D eigenvalue weighted by atomic mass is 16.5. The number of hydrogen-bond acceptors (Lipinski definition) is 5. The topological polar surface area (TPSA) is 93.0 Å². The highest BCUT2D eigenvalue weighted by molar-refractivity contribution is 5.58. The van der Waals surface area contributed by atoms with Gasteiger partial charge < -0.3 is 15.8 Å². The average molecular weight is 232 g/mol. The molecule has 0 radical (unpaired) electrons. The molecule has 0 bridgehead atoms. The zero-order valence-electron chi connectivity index (χ0n) is 9.23. The number of methoxy groups -OCH3 is 1. The quantitative estimate of drug-likeness (QED) is 0.737. The van der Waals surface area contributed by atoms with Crippen LogP contribution in [0, 0.1) is 0 Å². The van der Waals surface area contributed by atoms with Crippen molar-refractivity contribution in [2.75, 3.05) is 18.2 Å².